The SMILES string of the molecule is CC(C)[C@H](N)C(=O)N(C)[C@H](C)c1ccc(F)cc1. The topological polar surface area (TPSA) is 46.3 Å². The predicted octanol–water partition coefficient (Wildman–Crippen LogP) is 2.33. The lowest BCUT2D eigenvalue weighted by molar-refractivity contribution is -0.134. The first-order valence-corrected chi connectivity index (χ1v) is 6.12. The van der Waals surface area contributed by atoms with Crippen LogP contribution in [0.5, 0.6) is 0 Å². The molecule has 1 aromatic carbocycles. The van der Waals surface area contributed by atoms with E-state index in [0.717, 1.165) is 5.56 Å². The maximum absolute atomic E-state index is 12.8. The third-order valence-corrected chi connectivity index (χ3v) is 3.28. The molecule has 0 aliphatic carbocycles. The maximum atomic E-state index is 12.8. The Bertz CT molecular complexity index is 403. The normalized spacial score (nSPS) is 14.4. The zero-order chi connectivity index (χ0) is 13.9. The van der Waals surface area contributed by atoms with E-state index >= 15 is 0 Å². The third-order valence-electron chi connectivity index (χ3n) is 3.28. The van der Waals surface area contributed by atoms with Crippen molar-refractivity contribution in [1.29, 1.82) is 0 Å². The molecule has 1 rings (SSSR count). The number of halogens is 1. The van der Waals surface area contributed by atoms with Crippen molar-refractivity contribution in [1.82, 2.24) is 4.90 Å². The van der Waals surface area contributed by atoms with Gasteiger partial charge < -0.3 is 10.6 Å². The molecule has 0 spiro atoms. The van der Waals surface area contributed by atoms with Crippen LogP contribution in [0.15, 0.2) is 24.3 Å². The number of carbonyl (C=O) groups is 1. The van der Waals surface area contributed by atoms with E-state index in [0.29, 0.717) is 0 Å². The highest BCUT2D eigenvalue weighted by atomic mass is 19.1. The summed E-state index contributed by atoms with van der Waals surface area (Å²) in [6, 6.07) is 5.54. The lowest BCUT2D eigenvalue weighted by atomic mass is 10.0. The molecular weight excluding hydrogens is 231 g/mol. The number of nitrogens with two attached hydrogens (primary N) is 1. The summed E-state index contributed by atoms with van der Waals surface area (Å²) in [7, 11) is 1.72. The number of benzene rings is 1. The van der Waals surface area contributed by atoms with E-state index in [4.69, 9.17) is 5.73 Å². The molecular formula is C14H21FN2O. The highest BCUT2D eigenvalue weighted by Gasteiger charge is 2.24. The van der Waals surface area contributed by atoms with E-state index in [1.807, 2.05) is 20.8 Å². The molecule has 0 bridgehead atoms. The van der Waals surface area contributed by atoms with Crippen LogP contribution in [-0.2, 0) is 4.79 Å². The van der Waals surface area contributed by atoms with E-state index in [1.54, 1.807) is 24.1 Å². The molecule has 0 heterocycles. The Labute approximate surface area is 108 Å². The fourth-order valence-corrected chi connectivity index (χ4v) is 1.68. The van der Waals surface area contributed by atoms with Gasteiger partial charge in [0.2, 0.25) is 5.91 Å². The second-order valence-electron chi connectivity index (χ2n) is 4.95. The molecule has 0 fully saturated rings. The monoisotopic (exact) mass is 252 g/mol. The van der Waals surface area contributed by atoms with Crippen LogP contribution in [-0.4, -0.2) is 23.9 Å². The van der Waals surface area contributed by atoms with Crippen molar-refractivity contribution in [3.63, 3.8) is 0 Å². The van der Waals surface area contributed by atoms with Crippen molar-refractivity contribution in [2.24, 2.45) is 11.7 Å². The molecule has 18 heavy (non-hydrogen) atoms. The number of nitrogens with zero attached hydrogens (tertiary/aromatic N) is 1. The average molecular weight is 252 g/mol. The van der Waals surface area contributed by atoms with Crippen molar-refractivity contribution in [3.05, 3.63) is 35.6 Å². The highest BCUT2D eigenvalue weighted by molar-refractivity contribution is 5.82. The van der Waals surface area contributed by atoms with Crippen molar-refractivity contribution in [2.75, 3.05) is 7.05 Å². The fourth-order valence-electron chi connectivity index (χ4n) is 1.68. The molecule has 4 heteroatoms. The average Bonchev–Trinajstić information content (AvgIpc) is 2.36. The molecule has 2 N–H and O–H groups in total. The quantitative estimate of drug-likeness (QED) is 0.894. The number of hydrogen-bond acceptors (Lipinski definition) is 2. The zero-order valence-electron chi connectivity index (χ0n) is 11.4. The molecule has 1 amide bonds. The van der Waals surface area contributed by atoms with Gasteiger partial charge in [0, 0.05) is 7.05 Å². The molecule has 0 radical (unpaired) electrons. The van der Waals surface area contributed by atoms with E-state index < -0.39 is 6.04 Å². The smallest absolute Gasteiger partial charge is 0.239 e. The lowest BCUT2D eigenvalue weighted by Crippen LogP contribution is -2.45. The first kappa shape index (κ1) is 14.6. The third kappa shape index (κ3) is 3.29. The molecule has 0 saturated heterocycles. The Kier molecular flexibility index (Phi) is 4.84. The number of amides is 1. The predicted molar refractivity (Wildman–Crippen MR) is 70.4 cm³/mol. The van der Waals surface area contributed by atoms with E-state index in [-0.39, 0.29) is 23.7 Å². The van der Waals surface area contributed by atoms with E-state index in [1.165, 1.54) is 12.1 Å². The molecule has 0 aliphatic heterocycles. The molecule has 1 aromatic rings. The van der Waals surface area contributed by atoms with Crippen molar-refractivity contribution in [2.45, 2.75) is 32.9 Å². The van der Waals surface area contributed by atoms with Gasteiger partial charge in [-0.15, -0.1) is 0 Å². The Morgan fingerprint density at radius 3 is 2.17 bits per heavy atom. The summed E-state index contributed by atoms with van der Waals surface area (Å²) in [5, 5.41) is 0. The van der Waals surface area contributed by atoms with Crippen LogP contribution in [0, 0.1) is 11.7 Å². The minimum absolute atomic E-state index is 0.0955. The lowest BCUT2D eigenvalue weighted by Gasteiger charge is -2.29. The second kappa shape index (κ2) is 5.96. The first-order valence-electron chi connectivity index (χ1n) is 6.12. The van der Waals surface area contributed by atoms with Gasteiger partial charge in [0.1, 0.15) is 5.82 Å². The van der Waals surface area contributed by atoms with Crippen LogP contribution in [0.25, 0.3) is 0 Å². The minimum atomic E-state index is -0.502. The summed E-state index contributed by atoms with van der Waals surface area (Å²) in [5.74, 6) is -0.277. The van der Waals surface area contributed by atoms with Crippen LogP contribution in [0.3, 0.4) is 0 Å². The van der Waals surface area contributed by atoms with Crippen LogP contribution in [0.4, 0.5) is 4.39 Å². The van der Waals surface area contributed by atoms with Gasteiger partial charge in [0.25, 0.3) is 0 Å². The largest absolute Gasteiger partial charge is 0.338 e. The van der Waals surface area contributed by atoms with Gasteiger partial charge in [-0.05, 0) is 30.5 Å². The minimum Gasteiger partial charge on any atom is -0.338 e. The summed E-state index contributed by atoms with van der Waals surface area (Å²) in [4.78, 5) is 13.7. The molecule has 3 nitrogen and oxygen atoms in total. The first-order chi connectivity index (χ1) is 8.34. The summed E-state index contributed by atoms with van der Waals surface area (Å²) in [6.07, 6.45) is 0. The Morgan fingerprint density at radius 1 is 1.22 bits per heavy atom. The molecule has 0 aromatic heterocycles. The Balaban J connectivity index is 2.80. The Morgan fingerprint density at radius 2 is 1.72 bits per heavy atom. The number of hydrogen-bond donors (Lipinski definition) is 1. The van der Waals surface area contributed by atoms with E-state index in [2.05, 4.69) is 0 Å². The summed E-state index contributed by atoms with van der Waals surface area (Å²) < 4.78 is 12.8. The molecule has 0 unspecified atom stereocenters. The molecule has 0 aliphatic rings. The molecule has 0 saturated carbocycles. The van der Waals surface area contributed by atoms with Crippen molar-refractivity contribution >= 4 is 5.91 Å². The van der Waals surface area contributed by atoms with Gasteiger partial charge in [-0.3, -0.25) is 4.79 Å². The van der Waals surface area contributed by atoms with Crippen molar-refractivity contribution in [3.8, 4) is 0 Å². The van der Waals surface area contributed by atoms with Crippen LogP contribution >= 0.6 is 0 Å². The zero-order valence-corrected chi connectivity index (χ0v) is 11.4. The van der Waals surface area contributed by atoms with Gasteiger partial charge in [-0.25, -0.2) is 4.39 Å². The van der Waals surface area contributed by atoms with Gasteiger partial charge >= 0.3 is 0 Å². The van der Waals surface area contributed by atoms with Crippen LogP contribution < -0.4 is 5.73 Å². The summed E-state index contributed by atoms with van der Waals surface area (Å²) in [6.45, 7) is 5.73. The standard InChI is InChI=1S/C14H21FN2O/c1-9(2)13(16)14(18)17(4)10(3)11-5-7-12(15)8-6-11/h5-10,13H,16H2,1-4H3/t10-,13+/m1/s1. The molecule has 100 valence electrons. The summed E-state index contributed by atoms with van der Waals surface area (Å²) in [5.41, 5.74) is 6.74. The van der Waals surface area contributed by atoms with Gasteiger partial charge in [0.15, 0.2) is 0 Å². The van der Waals surface area contributed by atoms with Crippen molar-refractivity contribution < 1.29 is 9.18 Å². The highest BCUT2D eigenvalue weighted by Crippen LogP contribution is 2.20. The number of rotatable bonds is 4. The second-order valence-corrected chi connectivity index (χ2v) is 4.95. The van der Waals surface area contributed by atoms with Gasteiger partial charge in [-0.1, -0.05) is 26.0 Å². The number of carbonyl (C=O) groups excluding carboxylic acids is 1. The van der Waals surface area contributed by atoms with Crippen LogP contribution in [0.2, 0.25) is 0 Å². The summed E-state index contributed by atoms with van der Waals surface area (Å²) >= 11 is 0. The fraction of sp³-hybridized carbons (Fsp3) is 0.500. The van der Waals surface area contributed by atoms with E-state index in [9.17, 15) is 9.18 Å². The van der Waals surface area contributed by atoms with Crippen LogP contribution in [0.1, 0.15) is 32.4 Å². The van der Waals surface area contributed by atoms with Gasteiger partial charge in [-0.2, -0.15) is 0 Å². The Hall–Kier alpha value is -1.42. The maximum Gasteiger partial charge on any atom is 0.239 e. The van der Waals surface area contributed by atoms with Gasteiger partial charge in [0.05, 0.1) is 12.1 Å². The number of likely N-dealkylation sites (N-methyl/N-ethyl adjacent to an activating group) is 1. The molecule has 2 atom stereocenters.